The van der Waals surface area contributed by atoms with Crippen molar-refractivity contribution in [1.82, 2.24) is 9.97 Å². The number of carbonyl (C=O) groups excluding carboxylic acids is 1. The van der Waals surface area contributed by atoms with Gasteiger partial charge in [-0.15, -0.1) is 0 Å². The van der Waals surface area contributed by atoms with E-state index >= 15 is 0 Å². The molecule has 0 radical (unpaired) electrons. The first-order chi connectivity index (χ1) is 14.0. The van der Waals surface area contributed by atoms with Crippen molar-refractivity contribution in [3.05, 3.63) is 90.3 Å². The van der Waals surface area contributed by atoms with Crippen LogP contribution in [0.4, 0.5) is 5.69 Å². The van der Waals surface area contributed by atoms with Gasteiger partial charge < -0.3 is 4.90 Å². The van der Waals surface area contributed by atoms with Gasteiger partial charge in [0.25, 0.3) is 5.91 Å². The molecule has 0 aliphatic heterocycles. The second-order valence-electron chi connectivity index (χ2n) is 7.43. The maximum atomic E-state index is 13.5. The van der Waals surface area contributed by atoms with Gasteiger partial charge in [-0.25, -0.2) is 4.98 Å². The molecule has 0 fully saturated rings. The van der Waals surface area contributed by atoms with Gasteiger partial charge in [0, 0.05) is 36.1 Å². The fourth-order valence-electron chi connectivity index (χ4n) is 3.40. The summed E-state index contributed by atoms with van der Waals surface area (Å²) in [6.45, 7) is 4.30. The summed E-state index contributed by atoms with van der Waals surface area (Å²) in [5.41, 5.74) is 5.14. The molecule has 144 valence electrons. The van der Waals surface area contributed by atoms with Gasteiger partial charge in [-0.1, -0.05) is 44.2 Å². The van der Waals surface area contributed by atoms with Crippen LogP contribution in [0.2, 0.25) is 0 Å². The van der Waals surface area contributed by atoms with Crippen molar-refractivity contribution in [3.8, 4) is 11.3 Å². The lowest BCUT2D eigenvalue weighted by Crippen LogP contribution is -2.26. The average molecular weight is 381 g/mol. The van der Waals surface area contributed by atoms with Crippen molar-refractivity contribution in [2.24, 2.45) is 0 Å². The molecule has 2 aromatic carbocycles. The number of carbonyl (C=O) groups is 1. The summed E-state index contributed by atoms with van der Waals surface area (Å²) in [5, 5.41) is 0.844. The Morgan fingerprint density at radius 1 is 0.966 bits per heavy atom. The monoisotopic (exact) mass is 381 g/mol. The lowest BCUT2D eigenvalue weighted by atomic mass is 10.0. The highest BCUT2D eigenvalue weighted by atomic mass is 16.2. The highest BCUT2D eigenvalue weighted by molar-refractivity contribution is 6.14. The fraction of sp³-hybridized carbons (Fsp3) is 0.160. The molecule has 4 aromatic rings. The Bertz CT molecular complexity index is 1170. The van der Waals surface area contributed by atoms with Crippen LogP contribution in [-0.4, -0.2) is 22.9 Å². The highest BCUT2D eigenvalue weighted by Crippen LogP contribution is 2.27. The molecule has 0 aliphatic rings. The molecule has 0 spiro atoms. The van der Waals surface area contributed by atoms with Gasteiger partial charge in [-0.3, -0.25) is 9.78 Å². The van der Waals surface area contributed by atoms with Crippen LogP contribution in [0.3, 0.4) is 0 Å². The lowest BCUT2D eigenvalue weighted by molar-refractivity contribution is 0.0994. The Hall–Kier alpha value is -3.53. The average Bonchev–Trinajstić information content (AvgIpc) is 2.78. The number of benzene rings is 2. The molecule has 0 atom stereocenters. The van der Waals surface area contributed by atoms with E-state index in [0.717, 1.165) is 27.8 Å². The van der Waals surface area contributed by atoms with Gasteiger partial charge in [0.2, 0.25) is 0 Å². The summed E-state index contributed by atoms with van der Waals surface area (Å²) in [4.78, 5) is 24.2. The van der Waals surface area contributed by atoms with Crippen LogP contribution in [-0.2, 0) is 0 Å². The van der Waals surface area contributed by atoms with E-state index in [1.54, 1.807) is 17.3 Å². The number of hydrogen-bond donors (Lipinski definition) is 0. The van der Waals surface area contributed by atoms with E-state index in [1.165, 1.54) is 5.56 Å². The molecule has 4 rings (SSSR count). The van der Waals surface area contributed by atoms with E-state index in [1.807, 2.05) is 61.6 Å². The summed E-state index contributed by atoms with van der Waals surface area (Å²) in [7, 11) is 1.82. The Kier molecular flexibility index (Phi) is 5.09. The standard InChI is InChI=1S/C25H23N3O/c1-17(2)18-8-6-10-20(14-18)28(3)25(29)22-15-24(19-9-7-13-26-16-19)27-23-12-5-4-11-21(22)23/h4-17H,1-3H3. The molecule has 29 heavy (non-hydrogen) atoms. The van der Waals surface area contributed by atoms with Crippen LogP contribution in [0.25, 0.3) is 22.2 Å². The van der Waals surface area contributed by atoms with Crippen LogP contribution in [0.5, 0.6) is 0 Å². The maximum absolute atomic E-state index is 13.5. The number of amides is 1. The minimum Gasteiger partial charge on any atom is -0.311 e. The molecular weight excluding hydrogens is 358 g/mol. The molecule has 4 heteroatoms. The second kappa shape index (κ2) is 7.84. The summed E-state index contributed by atoms with van der Waals surface area (Å²) in [6.07, 6.45) is 3.49. The lowest BCUT2D eigenvalue weighted by Gasteiger charge is -2.20. The Morgan fingerprint density at radius 2 is 1.79 bits per heavy atom. The molecule has 0 aliphatic carbocycles. The quantitative estimate of drug-likeness (QED) is 0.456. The SMILES string of the molecule is CC(C)c1cccc(N(C)C(=O)c2cc(-c3cccnc3)nc3ccccc23)c1. The van der Waals surface area contributed by atoms with E-state index in [4.69, 9.17) is 4.98 Å². The zero-order valence-corrected chi connectivity index (χ0v) is 16.8. The topological polar surface area (TPSA) is 46.1 Å². The maximum Gasteiger partial charge on any atom is 0.258 e. The minimum absolute atomic E-state index is 0.0605. The molecule has 1 amide bonds. The molecule has 2 heterocycles. The van der Waals surface area contributed by atoms with E-state index in [9.17, 15) is 4.79 Å². The second-order valence-corrected chi connectivity index (χ2v) is 7.43. The molecule has 0 saturated heterocycles. The van der Waals surface area contributed by atoms with E-state index in [2.05, 4.69) is 31.0 Å². The predicted molar refractivity (Wildman–Crippen MR) is 118 cm³/mol. The van der Waals surface area contributed by atoms with Crippen molar-refractivity contribution in [3.63, 3.8) is 0 Å². The van der Waals surface area contributed by atoms with Crippen LogP contribution >= 0.6 is 0 Å². The summed E-state index contributed by atoms with van der Waals surface area (Å²) in [5.74, 6) is 0.340. The Morgan fingerprint density at radius 3 is 2.55 bits per heavy atom. The van der Waals surface area contributed by atoms with Gasteiger partial charge in [0.15, 0.2) is 0 Å². The largest absolute Gasteiger partial charge is 0.311 e. The third-order valence-corrected chi connectivity index (χ3v) is 5.13. The Balaban J connectivity index is 1.82. The summed E-state index contributed by atoms with van der Waals surface area (Å²) in [6, 6.07) is 21.6. The number of para-hydroxylation sites is 1. The molecule has 0 saturated carbocycles. The van der Waals surface area contributed by atoms with E-state index < -0.39 is 0 Å². The summed E-state index contributed by atoms with van der Waals surface area (Å²) >= 11 is 0. The highest BCUT2D eigenvalue weighted by Gasteiger charge is 2.19. The van der Waals surface area contributed by atoms with Crippen LogP contribution in [0.1, 0.15) is 35.7 Å². The molecule has 0 N–H and O–H groups in total. The first kappa shape index (κ1) is 18.8. The van der Waals surface area contributed by atoms with Gasteiger partial charge in [-0.05, 0) is 47.9 Å². The van der Waals surface area contributed by atoms with Crippen molar-refractivity contribution < 1.29 is 4.79 Å². The first-order valence-electron chi connectivity index (χ1n) is 9.73. The fourth-order valence-corrected chi connectivity index (χ4v) is 3.40. The number of anilines is 1. The number of aromatic nitrogens is 2. The zero-order valence-electron chi connectivity index (χ0n) is 16.8. The van der Waals surface area contributed by atoms with Gasteiger partial charge in [0.1, 0.15) is 0 Å². The van der Waals surface area contributed by atoms with Crippen molar-refractivity contribution >= 4 is 22.5 Å². The van der Waals surface area contributed by atoms with E-state index in [0.29, 0.717) is 11.5 Å². The van der Waals surface area contributed by atoms with Gasteiger partial charge >= 0.3 is 0 Å². The number of fused-ring (bicyclic) bond motifs is 1. The molecular formula is C25H23N3O. The van der Waals surface area contributed by atoms with Crippen LogP contribution in [0.15, 0.2) is 79.1 Å². The minimum atomic E-state index is -0.0605. The number of rotatable bonds is 4. The third kappa shape index (κ3) is 3.74. The predicted octanol–water partition coefficient (Wildman–Crippen LogP) is 5.70. The zero-order chi connectivity index (χ0) is 20.4. The van der Waals surface area contributed by atoms with Crippen molar-refractivity contribution in [2.75, 3.05) is 11.9 Å². The van der Waals surface area contributed by atoms with E-state index in [-0.39, 0.29) is 5.91 Å². The molecule has 0 unspecified atom stereocenters. The smallest absolute Gasteiger partial charge is 0.258 e. The molecule has 2 aromatic heterocycles. The van der Waals surface area contributed by atoms with Gasteiger partial charge in [0.05, 0.1) is 16.8 Å². The number of pyridine rings is 2. The van der Waals surface area contributed by atoms with Crippen molar-refractivity contribution in [2.45, 2.75) is 19.8 Å². The normalized spacial score (nSPS) is 11.0. The molecule has 0 bridgehead atoms. The third-order valence-electron chi connectivity index (χ3n) is 5.13. The Labute approximate surface area is 170 Å². The number of nitrogens with zero attached hydrogens (tertiary/aromatic N) is 3. The molecule has 4 nitrogen and oxygen atoms in total. The number of hydrogen-bond acceptors (Lipinski definition) is 3. The van der Waals surface area contributed by atoms with Gasteiger partial charge in [-0.2, -0.15) is 0 Å². The van der Waals surface area contributed by atoms with Crippen LogP contribution in [0, 0.1) is 0 Å². The summed E-state index contributed by atoms with van der Waals surface area (Å²) < 4.78 is 0. The first-order valence-corrected chi connectivity index (χ1v) is 9.73. The van der Waals surface area contributed by atoms with Crippen molar-refractivity contribution in [1.29, 1.82) is 0 Å². The van der Waals surface area contributed by atoms with Crippen LogP contribution < -0.4 is 4.90 Å².